The molecule has 0 radical (unpaired) electrons. The van der Waals surface area contributed by atoms with Crippen LogP contribution in [0.2, 0.25) is 0 Å². The number of nitrogen functional groups attached to an aromatic ring is 1. The maximum atomic E-state index is 13.7. The number of rotatable bonds is 5. The molecule has 11 heteroatoms. The lowest BCUT2D eigenvalue weighted by molar-refractivity contribution is -0.130. The van der Waals surface area contributed by atoms with Crippen LogP contribution in [0.25, 0.3) is 16.7 Å². The Labute approximate surface area is 188 Å². The number of nitriles is 1. The molecule has 4 N–H and O–H groups in total. The first kappa shape index (κ1) is 20.7. The highest BCUT2D eigenvalue weighted by Gasteiger charge is 2.50. The van der Waals surface area contributed by atoms with Gasteiger partial charge in [-0.1, -0.05) is 30.3 Å². The van der Waals surface area contributed by atoms with Crippen molar-refractivity contribution in [3.8, 4) is 11.9 Å². The zero-order chi connectivity index (χ0) is 23.1. The summed E-state index contributed by atoms with van der Waals surface area (Å²) in [6.07, 6.45) is -0.505. The Morgan fingerprint density at radius 1 is 1.27 bits per heavy atom. The number of nitrogens with two attached hydrogens (primary N) is 1. The molecule has 33 heavy (non-hydrogen) atoms. The van der Waals surface area contributed by atoms with Crippen molar-refractivity contribution in [2.45, 2.75) is 18.1 Å². The van der Waals surface area contributed by atoms with Crippen LogP contribution in [0.15, 0.2) is 46.5 Å². The third-order valence-electron chi connectivity index (χ3n) is 5.70. The van der Waals surface area contributed by atoms with Gasteiger partial charge in [0.15, 0.2) is 11.1 Å². The van der Waals surface area contributed by atoms with E-state index in [1.54, 1.807) is 0 Å². The van der Waals surface area contributed by atoms with Crippen molar-refractivity contribution in [2.75, 3.05) is 26.6 Å². The van der Waals surface area contributed by atoms with E-state index < -0.39 is 18.1 Å². The Morgan fingerprint density at radius 2 is 2.06 bits per heavy atom. The fourth-order valence-corrected chi connectivity index (χ4v) is 4.30. The largest absolute Gasteiger partial charge is 0.479 e. The fraction of sp³-hybridized carbons (Fsp3) is 0.273. The Bertz CT molecular complexity index is 1300. The first-order chi connectivity index (χ1) is 16.0. The Morgan fingerprint density at radius 3 is 2.76 bits per heavy atom. The maximum Gasteiger partial charge on any atom is 0.277 e. The zero-order valence-electron chi connectivity index (χ0n) is 17.9. The molecule has 1 saturated heterocycles. The summed E-state index contributed by atoms with van der Waals surface area (Å²) in [4.78, 5) is 22.2. The van der Waals surface area contributed by atoms with E-state index in [1.165, 1.54) is 25.3 Å². The summed E-state index contributed by atoms with van der Waals surface area (Å²) in [6, 6.07) is 12.7. The number of benzene rings is 1. The number of carbonyl (C=O) groups is 1. The van der Waals surface area contributed by atoms with Gasteiger partial charge in [0.1, 0.15) is 23.6 Å². The molecule has 4 heterocycles. The normalized spacial score (nSPS) is 22.3. The van der Waals surface area contributed by atoms with Gasteiger partial charge >= 0.3 is 0 Å². The number of pyridine rings is 1. The number of nitrogens with one attached hydrogen (secondary N) is 2. The molecule has 3 aromatic rings. The van der Waals surface area contributed by atoms with Gasteiger partial charge in [-0.2, -0.15) is 10.2 Å². The van der Waals surface area contributed by atoms with Crippen LogP contribution in [-0.4, -0.2) is 53.9 Å². The molecule has 3 atom stereocenters. The van der Waals surface area contributed by atoms with Gasteiger partial charge < -0.3 is 24.9 Å². The minimum atomic E-state index is -0.621. The molecular weight excluding hydrogens is 426 g/mol. The van der Waals surface area contributed by atoms with Gasteiger partial charge in [0, 0.05) is 13.2 Å². The van der Waals surface area contributed by atoms with Crippen LogP contribution >= 0.6 is 0 Å². The summed E-state index contributed by atoms with van der Waals surface area (Å²) >= 11 is 0. The van der Waals surface area contributed by atoms with E-state index in [2.05, 4.69) is 26.8 Å². The second kappa shape index (κ2) is 8.09. The highest BCUT2D eigenvalue weighted by atomic mass is 16.5. The SMILES string of the molecule is COCC1=C(c2nc3c(OC)nc(N)cc3o2)C(=O)N2NC(C#N)C(c3ccccc3)C2N1. The number of ether oxygens (including phenoxy) is 2. The summed E-state index contributed by atoms with van der Waals surface area (Å²) in [5.41, 5.74) is 11.1. The van der Waals surface area contributed by atoms with Crippen molar-refractivity contribution in [2.24, 2.45) is 0 Å². The molecule has 11 nitrogen and oxygen atoms in total. The number of hydrazine groups is 1. The zero-order valence-corrected chi connectivity index (χ0v) is 17.9. The van der Waals surface area contributed by atoms with E-state index in [0.29, 0.717) is 16.8 Å². The number of amides is 1. The number of oxazole rings is 1. The monoisotopic (exact) mass is 447 g/mol. The van der Waals surface area contributed by atoms with E-state index in [1.807, 2.05) is 30.3 Å². The summed E-state index contributed by atoms with van der Waals surface area (Å²) in [5.74, 6) is -0.240. The summed E-state index contributed by atoms with van der Waals surface area (Å²) < 4.78 is 16.5. The van der Waals surface area contributed by atoms with Crippen LogP contribution in [0.1, 0.15) is 17.4 Å². The molecule has 2 aromatic heterocycles. The van der Waals surface area contributed by atoms with Crippen LogP contribution in [0, 0.1) is 11.3 Å². The third kappa shape index (κ3) is 3.32. The first-order valence-electron chi connectivity index (χ1n) is 10.2. The van der Waals surface area contributed by atoms with Crippen molar-refractivity contribution >= 4 is 28.4 Å². The summed E-state index contributed by atoms with van der Waals surface area (Å²) in [6.45, 7) is 0.112. The number of fused-ring (bicyclic) bond motifs is 2. The van der Waals surface area contributed by atoms with E-state index in [4.69, 9.17) is 19.6 Å². The molecule has 1 aromatic carbocycles. The van der Waals surface area contributed by atoms with Crippen LogP contribution in [0.3, 0.4) is 0 Å². The van der Waals surface area contributed by atoms with E-state index in [-0.39, 0.29) is 35.7 Å². The van der Waals surface area contributed by atoms with Gasteiger partial charge in [0.05, 0.1) is 31.4 Å². The summed E-state index contributed by atoms with van der Waals surface area (Å²) in [7, 11) is 2.98. The number of hydrogen-bond donors (Lipinski definition) is 3. The number of aromatic nitrogens is 2. The van der Waals surface area contributed by atoms with E-state index in [9.17, 15) is 10.1 Å². The minimum absolute atomic E-state index is 0.0668. The molecule has 2 aliphatic rings. The highest BCUT2D eigenvalue weighted by molar-refractivity contribution is 6.20. The van der Waals surface area contributed by atoms with Gasteiger partial charge in [-0.05, 0) is 5.56 Å². The van der Waals surface area contributed by atoms with Gasteiger partial charge in [0.2, 0.25) is 11.8 Å². The Hall–Kier alpha value is -4.14. The van der Waals surface area contributed by atoms with Crippen molar-refractivity contribution in [3.05, 3.63) is 53.5 Å². The molecule has 1 fully saturated rings. The molecule has 2 aliphatic heterocycles. The highest BCUT2D eigenvalue weighted by Crippen LogP contribution is 2.38. The van der Waals surface area contributed by atoms with Crippen LogP contribution in [0.4, 0.5) is 5.82 Å². The quantitative estimate of drug-likeness (QED) is 0.519. The second-order valence-corrected chi connectivity index (χ2v) is 7.65. The predicted molar refractivity (Wildman–Crippen MR) is 117 cm³/mol. The molecule has 0 spiro atoms. The van der Waals surface area contributed by atoms with Gasteiger partial charge in [0.25, 0.3) is 5.91 Å². The number of nitrogens with zero attached hydrogens (tertiary/aromatic N) is 4. The van der Waals surface area contributed by atoms with Gasteiger partial charge in [-0.25, -0.2) is 15.4 Å². The first-order valence-corrected chi connectivity index (χ1v) is 10.2. The fourth-order valence-electron chi connectivity index (χ4n) is 4.30. The van der Waals surface area contributed by atoms with Crippen LogP contribution < -0.4 is 21.2 Å². The topological polar surface area (TPSA) is 152 Å². The van der Waals surface area contributed by atoms with Crippen LogP contribution in [-0.2, 0) is 9.53 Å². The van der Waals surface area contributed by atoms with Crippen LogP contribution in [0.5, 0.6) is 5.88 Å². The smallest absolute Gasteiger partial charge is 0.277 e. The van der Waals surface area contributed by atoms with Gasteiger partial charge in [-0.15, -0.1) is 0 Å². The molecular formula is C22H21N7O4. The molecule has 0 bridgehead atoms. The number of hydrogen-bond acceptors (Lipinski definition) is 10. The lowest BCUT2D eigenvalue weighted by Crippen LogP contribution is -2.55. The van der Waals surface area contributed by atoms with E-state index >= 15 is 0 Å². The van der Waals surface area contributed by atoms with Gasteiger partial charge in [-0.3, -0.25) is 4.79 Å². The van der Waals surface area contributed by atoms with E-state index in [0.717, 1.165) is 5.56 Å². The van der Waals surface area contributed by atoms with Crippen molar-refractivity contribution in [3.63, 3.8) is 0 Å². The molecule has 0 aliphatic carbocycles. The average molecular weight is 447 g/mol. The number of anilines is 1. The molecule has 168 valence electrons. The number of carbonyl (C=O) groups excluding carboxylic acids is 1. The maximum absolute atomic E-state index is 13.7. The standard InChI is InChI=1S/C22H21N7O4/c1-31-10-13-17(20-27-18-14(33-20)8-15(24)26-21(18)32-2)22(30)29-19(25-13)16(12(9-23)28-29)11-6-4-3-5-7-11/h3-8,12,16,19,25,28H,10H2,1-2H3,(H2,24,26). The van der Waals surface area contributed by atoms with Crippen molar-refractivity contribution in [1.82, 2.24) is 25.7 Å². The third-order valence-corrected chi connectivity index (χ3v) is 5.70. The second-order valence-electron chi connectivity index (χ2n) is 7.65. The predicted octanol–water partition coefficient (Wildman–Crippen LogP) is 1.12. The lowest BCUT2D eigenvalue weighted by atomic mass is 9.90. The average Bonchev–Trinajstić information content (AvgIpc) is 3.40. The molecule has 1 amide bonds. The summed E-state index contributed by atoms with van der Waals surface area (Å²) in [5, 5.41) is 14.6. The Kier molecular flexibility index (Phi) is 5.08. The molecule has 5 rings (SSSR count). The minimum Gasteiger partial charge on any atom is -0.479 e. The van der Waals surface area contributed by atoms with Crippen molar-refractivity contribution < 1.29 is 18.7 Å². The lowest BCUT2D eigenvalue weighted by Gasteiger charge is -2.34. The molecule has 0 saturated carbocycles. The molecule has 3 unspecified atom stereocenters. The number of methoxy groups -OCH3 is 2. The van der Waals surface area contributed by atoms with Crippen molar-refractivity contribution in [1.29, 1.82) is 5.26 Å². The Balaban J connectivity index is 1.62.